The van der Waals surface area contributed by atoms with Gasteiger partial charge in [-0.2, -0.15) is 0 Å². The lowest BCUT2D eigenvalue weighted by Crippen LogP contribution is -2.08. The second-order valence-corrected chi connectivity index (χ2v) is 3.44. The predicted octanol–water partition coefficient (Wildman–Crippen LogP) is 0.848. The number of nitrogens with zero attached hydrogens (tertiary/aromatic N) is 1. The van der Waals surface area contributed by atoms with Crippen LogP contribution in [0.1, 0.15) is 12.0 Å². The number of hydrogen-bond donors (Lipinski definition) is 2. The molecule has 0 aliphatic rings. The zero-order valence-electron chi connectivity index (χ0n) is 8.23. The standard InChI is InChI=1S/C11H12N2O2/c14-5-1-2-8-3-4-10-9(6-8)7-12-11(15)13-10/h3-4,6-7,14H,1-2,5H2,(H,12,13,15). The highest BCUT2D eigenvalue weighted by Gasteiger charge is 1.97. The van der Waals surface area contributed by atoms with Crippen LogP contribution >= 0.6 is 0 Å². The predicted molar refractivity (Wildman–Crippen MR) is 57.8 cm³/mol. The Kier molecular flexibility index (Phi) is 2.78. The van der Waals surface area contributed by atoms with Crippen LogP contribution in [0.25, 0.3) is 10.9 Å². The molecular weight excluding hydrogens is 192 g/mol. The maximum absolute atomic E-state index is 10.9. The summed E-state index contributed by atoms with van der Waals surface area (Å²) in [6, 6.07) is 5.80. The monoisotopic (exact) mass is 204 g/mol. The van der Waals surface area contributed by atoms with Crippen LogP contribution in [0.2, 0.25) is 0 Å². The van der Waals surface area contributed by atoms with Gasteiger partial charge >= 0.3 is 5.69 Å². The van der Waals surface area contributed by atoms with Crippen LogP contribution in [0.3, 0.4) is 0 Å². The van der Waals surface area contributed by atoms with Crippen molar-refractivity contribution in [2.75, 3.05) is 6.61 Å². The van der Waals surface area contributed by atoms with Crippen molar-refractivity contribution >= 4 is 10.9 Å². The Labute approximate surface area is 86.6 Å². The van der Waals surface area contributed by atoms with E-state index in [1.807, 2.05) is 18.2 Å². The molecule has 15 heavy (non-hydrogen) atoms. The van der Waals surface area contributed by atoms with Crippen molar-refractivity contribution in [2.45, 2.75) is 12.8 Å². The van der Waals surface area contributed by atoms with Gasteiger partial charge < -0.3 is 10.1 Å². The first-order valence-electron chi connectivity index (χ1n) is 4.88. The summed E-state index contributed by atoms with van der Waals surface area (Å²) >= 11 is 0. The lowest BCUT2D eigenvalue weighted by Gasteiger charge is -2.01. The molecule has 0 atom stereocenters. The number of rotatable bonds is 3. The van der Waals surface area contributed by atoms with Gasteiger partial charge in [-0.05, 0) is 30.5 Å². The van der Waals surface area contributed by atoms with Gasteiger partial charge in [0.15, 0.2) is 0 Å². The molecule has 4 nitrogen and oxygen atoms in total. The number of hydrogen-bond acceptors (Lipinski definition) is 3. The number of aryl methyl sites for hydroxylation is 1. The third-order valence-corrected chi connectivity index (χ3v) is 2.30. The van der Waals surface area contributed by atoms with Gasteiger partial charge in [0.1, 0.15) is 0 Å². The van der Waals surface area contributed by atoms with Gasteiger partial charge in [0, 0.05) is 18.2 Å². The summed E-state index contributed by atoms with van der Waals surface area (Å²) in [6.07, 6.45) is 3.16. The van der Waals surface area contributed by atoms with E-state index in [4.69, 9.17) is 5.11 Å². The van der Waals surface area contributed by atoms with Crippen molar-refractivity contribution in [3.05, 3.63) is 40.4 Å². The van der Waals surface area contributed by atoms with E-state index in [2.05, 4.69) is 9.97 Å². The molecule has 2 N–H and O–H groups in total. The van der Waals surface area contributed by atoms with Crippen molar-refractivity contribution in [1.29, 1.82) is 0 Å². The van der Waals surface area contributed by atoms with E-state index in [0.29, 0.717) is 0 Å². The summed E-state index contributed by atoms with van der Waals surface area (Å²) in [4.78, 5) is 17.3. The largest absolute Gasteiger partial charge is 0.396 e. The Hall–Kier alpha value is -1.68. The summed E-state index contributed by atoms with van der Waals surface area (Å²) in [5.41, 5.74) is 1.61. The van der Waals surface area contributed by atoms with Crippen molar-refractivity contribution in [2.24, 2.45) is 0 Å². The van der Waals surface area contributed by atoms with Crippen LogP contribution < -0.4 is 5.69 Å². The van der Waals surface area contributed by atoms with Gasteiger partial charge in [0.05, 0.1) is 5.52 Å². The molecule has 0 aliphatic carbocycles. The quantitative estimate of drug-likeness (QED) is 0.778. The van der Waals surface area contributed by atoms with Gasteiger partial charge in [-0.25, -0.2) is 9.78 Å². The van der Waals surface area contributed by atoms with E-state index in [1.54, 1.807) is 6.20 Å². The average molecular weight is 204 g/mol. The summed E-state index contributed by atoms with van der Waals surface area (Å²) in [7, 11) is 0. The molecular formula is C11H12N2O2. The highest BCUT2D eigenvalue weighted by Crippen LogP contribution is 2.12. The molecule has 0 aliphatic heterocycles. The second-order valence-electron chi connectivity index (χ2n) is 3.44. The van der Waals surface area contributed by atoms with Crippen LogP contribution in [0, 0.1) is 0 Å². The van der Waals surface area contributed by atoms with Gasteiger partial charge in [-0.3, -0.25) is 0 Å². The summed E-state index contributed by atoms with van der Waals surface area (Å²) in [6.45, 7) is 0.196. The first-order chi connectivity index (χ1) is 7.29. The summed E-state index contributed by atoms with van der Waals surface area (Å²) in [5.74, 6) is 0. The van der Waals surface area contributed by atoms with E-state index in [9.17, 15) is 4.79 Å². The first-order valence-corrected chi connectivity index (χ1v) is 4.88. The first kappa shape index (κ1) is 9.86. The van der Waals surface area contributed by atoms with E-state index < -0.39 is 0 Å². The summed E-state index contributed by atoms with van der Waals surface area (Å²) < 4.78 is 0. The topological polar surface area (TPSA) is 66.0 Å². The van der Waals surface area contributed by atoms with Crippen molar-refractivity contribution < 1.29 is 5.11 Å². The normalized spacial score (nSPS) is 10.7. The second kappa shape index (κ2) is 4.23. The minimum absolute atomic E-state index is 0.196. The Bertz CT molecular complexity index is 519. The van der Waals surface area contributed by atoms with Crippen molar-refractivity contribution in [3.8, 4) is 0 Å². The number of aromatic amines is 1. The molecule has 0 saturated carbocycles. The number of H-pyrrole nitrogens is 1. The van der Waals surface area contributed by atoms with E-state index in [1.165, 1.54) is 0 Å². The molecule has 0 fully saturated rings. The van der Waals surface area contributed by atoms with Crippen LogP contribution in [-0.2, 0) is 6.42 Å². The smallest absolute Gasteiger partial charge is 0.345 e. The third kappa shape index (κ3) is 2.22. The van der Waals surface area contributed by atoms with Crippen LogP contribution in [0.15, 0.2) is 29.2 Å². The zero-order chi connectivity index (χ0) is 10.7. The van der Waals surface area contributed by atoms with Gasteiger partial charge in [-0.1, -0.05) is 6.07 Å². The molecule has 1 aromatic heterocycles. The van der Waals surface area contributed by atoms with Gasteiger partial charge in [0.2, 0.25) is 0 Å². The molecule has 1 aromatic carbocycles. The van der Waals surface area contributed by atoms with Crippen molar-refractivity contribution in [3.63, 3.8) is 0 Å². The Balaban J connectivity index is 2.39. The van der Waals surface area contributed by atoms with Crippen LogP contribution in [0.4, 0.5) is 0 Å². The van der Waals surface area contributed by atoms with E-state index in [0.717, 1.165) is 29.3 Å². The fourth-order valence-electron chi connectivity index (χ4n) is 1.55. The average Bonchev–Trinajstić information content (AvgIpc) is 2.26. The maximum Gasteiger partial charge on any atom is 0.345 e. The highest BCUT2D eigenvalue weighted by atomic mass is 16.2. The maximum atomic E-state index is 10.9. The SMILES string of the molecule is O=c1ncc2cc(CCCO)ccc2[nH]1. The molecule has 78 valence electrons. The third-order valence-electron chi connectivity index (χ3n) is 2.30. The molecule has 4 heteroatoms. The van der Waals surface area contributed by atoms with E-state index in [-0.39, 0.29) is 12.3 Å². The lowest BCUT2D eigenvalue weighted by molar-refractivity contribution is 0.288. The lowest BCUT2D eigenvalue weighted by atomic mass is 10.1. The Morgan fingerprint density at radius 2 is 2.27 bits per heavy atom. The molecule has 1 heterocycles. The number of aromatic nitrogens is 2. The number of benzene rings is 1. The zero-order valence-corrected chi connectivity index (χ0v) is 8.23. The van der Waals surface area contributed by atoms with Gasteiger partial charge in [-0.15, -0.1) is 0 Å². The number of nitrogens with one attached hydrogen (secondary N) is 1. The molecule has 0 spiro atoms. The molecule has 0 amide bonds. The van der Waals surface area contributed by atoms with Crippen molar-refractivity contribution in [1.82, 2.24) is 9.97 Å². The Morgan fingerprint density at radius 3 is 3.07 bits per heavy atom. The molecule has 0 bridgehead atoms. The van der Waals surface area contributed by atoms with Gasteiger partial charge in [0.25, 0.3) is 0 Å². The van der Waals surface area contributed by atoms with Crippen LogP contribution in [-0.4, -0.2) is 21.7 Å². The minimum Gasteiger partial charge on any atom is -0.396 e. The fourth-order valence-corrected chi connectivity index (χ4v) is 1.55. The fraction of sp³-hybridized carbons (Fsp3) is 0.273. The molecule has 2 aromatic rings. The number of aliphatic hydroxyl groups is 1. The molecule has 0 unspecified atom stereocenters. The van der Waals surface area contributed by atoms with E-state index >= 15 is 0 Å². The molecule has 0 radical (unpaired) electrons. The molecule has 0 saturated heterocycles. The highest BCUT2D eigenvalue weighted by molar-refractivity contribution is 5.77. The Morgan fingerprint density at radius 1 is 1.40 bits per heavy atom. The number of fused-ring (bicyclic) bond motifs is 1. The number of aliphatic hydroxyl groups excluding tert-OH is 1. The van der Waals surface area contributed by atoms with Crippen LogP contribution in [0.5, 0.6) is 0 Å². The summed E-state index contributed by atoms with van der Waals surface area (Å²) in [5, 5.41) is 9.64. The minimum atomic E-state index is -0.328. The molecule has 2 rings (SSSR count).